The number of hydrogen-bond acceptors (Lipinski definition) is 5. The number of nitro groups is 1. The highest BCUT2D eigenvalue weighted by molar-refractivity contribution is 9.10. The summed E-state index contributed by atoms with van der Waals surface area (Å²) in [6.07, 6.45) is 1.65. The third kappa shape index (κ3) is 3.91. The normalized spacial score (nSPS) is 10.2. The number of aromatic nitrogens is 1. The van der Waals surface area contributed by atoms with Crippen molar-refractivity contribution < 1.29 is 9.66 Å². The number of rotatable bonds is 6. The molecule has 2 rings (SSSR count). The number of pyridine rings is 1. The molecular weight excluding hydrogens is 338 g/mol. The minimum atomic E-state index is -0.417. The van der Waals surface area contributed by atoms with Crippen LogP contribution in [0.1, 0.15) is 12.5 Å². The first kappa shape index (κ1) is 15.2. The average molecular weight is 352 g/mol. The maximum atomic E-state index is 11.1. The first-order valence-corrected chi connectivity index (χ1v) is 7.15. The molecule has 0 unspecified atom stereocenters. The van der Waals surface area contributed by atoms with Crippen LogP contribution in [0.25, 0.3) is 0 Å². The van der Waals surface area contributed by atoms with Crippen LogP contribution in [0, 0.1) is 10.1 Å². The van der Waals surface area contributed by atoms with Gasteiger partial charge in [-0.15, -0.1) is 0 Å². The van der Waals surface area contributed by atoms with E-state index in [0.29, 0.717) is 29.2 Å². The molecule has 110 valence electrons. The molecule has 1 aromatic carbocycles. The summed E-state index contributed by atoms with van der Waals surface area (Å²) in [6.45, 7) is 2.79. The number of nitrogens with one attached hydrogen (secondary N) is 1. The molecular formula is C14H14BrN3O3. The van der Waals surface area contributed by atoms with Crippen molar-refractivity contribution in [1.82, 2.24) is 4.98 Å². The molecule has 0 spiro atoms. The van der Waals surface area contributed by atoms with E-state index in [2.05, 4.69) is 26.2 Å². The molecule has 1 N–H and O–H groups in total. The van der Waals surface area contributed by atoms with Crippen molar-refractivity contribution in [1.29, 1.82) is 0 Å². The summed E-state index contributed by atoms with van der Waals surface area (Å²) in [4.78, 5) is 14.8. The Bertz CT molecular complexity index is 649. The molecule has 7 heteroatoms. The zero-order valence-corrected chi connectivity index (χ0v) is 13.0. The van der Waals surface area contributed by atoms with E-state index < -0.39 is 4.92 Å². The summed E-state index contributed by atoms with van der Waals surface area (Å²) in [5.74, 6) is 0.535. The van der Waals surface area contributed by atoms with Crippen LogP contribution in [0.15, 0.2) is 41.0 Å². The van der Waals surface area contributed by atoms with Crippen molar-refractivity contribution in [2.45, 2.75) is 13.5 Å². The molecule has 0 aliphatic carbocycles. The molecule has 2 aromatic rings. The molecule has 0 amide bonds. The highest BCUT2D eigenvalue weighted by Crippen LogP contribution is 2.28. The molecule has 0 aliphatic rings. The van der Waals surface area contributed by atoms with Gasteiger partial charge in [-0.2, -0.15) is 0 Å². The van der Waals surface area contributed by atoms with Crippen LogP contribution >= 0.6 is 15.9 Å². The molecule has 1 aromatic heterocycles. The van der Waals surface area contributed by atoms with E-state index in [0.717, 1.165) is 5.56 Å². The fraction of sp³-hybridized carbons (Fsp3) is 0.214. The first-order chi connectivity index (χ1) is 10.1. The summed E-state index contributed by atoms with van der Waals surface area (Å²) < 4.78 is 6.09. The van der Waals surface area contributed by atoms with Gasteiger partial charge in [0.25, 0.3) is 5.69 Å². The lowest BCUT2D eigenvalue weighted by Crippen LogP contribution is -2.06. The van der Waals surface area contributed by atoms with Crippen LogP contribution < -0.4 is 10.1 Å². The first-order valence-electron chi connectivity index (χ1n) is 6.36. The lowest BCUT2D eigenvalue weighted by atomic mass is 10.2. The SMILES string of the molecule is CCOc1ncccc1CNc1ccc(Br)cc1[N+](=O)[O-]. The molecule has 0 saturated heterocycles. The third-order valence-corrected chi connectivity index (χ3v) is 3.25. The number of benzene rings is 1. The Morgan fingerprint density at radius 2 is 2.24 bits per heavy atom. The second-order valence-corrected chi connectivity index (χ2v) is 5.09. The number of ether oxygens (including phenoxy) is 1. The smallest absolute Gasteiger partial charge is 0.293 e. The van der Waals surface area contributed by atoms with Crippen LogP contribution in [0.2, 0.25) is 0 Å². The lowest BCUT2D eigenvalue weighted by molar-refractivity contribution is -0.384. The predicted molar refractivity (Wildman–Crippen MR) is 83.5 cm³/mol. The van der Waals surface area contributed by atoms with E-state index in [1.165, 1.54) is 6.07 Å². The second kappa shape index (κ2) is 7.03. The van der Waals surface area contributed by atoms with Crippen LogP contribution in [-0.4, -0.2) is 16.5 Å². The third-order valence-electron chi connectivity index (χ3n) is 2.76. The van der Waals surface area contributed by atoms with Gasteiger partial charge in [-0.3, -0.25) is 10.1 Å². The van der Waals surface area contributed by atoms with E-state index in [1.54, 1.807) is 24.4 Å². The van der Waals surface area contributed by atoms with Gasteiger partial charge in [0, 0.05) is 28.8 Å². The number of nitrogens with zero attached hydrogens (tertiary/aromatic N) is 2. The highest BCUT2D eigenvalue weighted by atomic mass is 79.9. The van der Waals surface area contributed by atoms with E-state index in [9.17, 15) is 10.1 Å². The Morgan fingerprint density at radius 3 is 2.95 bits per heavy atom. The summed E-state index contributed by atoms with van der Waals surface area (Å²) in [6, 6.07) is 8.56. The maximum Gasteiger partial charge on any atom is 0.293 e. The number of hydrogen-bond donors (Lipinski definition) is 1. The minimum Gasteiger partial charge on any atom is -0.478 e. The van der Waals surface area contributed by atoms with Gasteiger partial charge in [0.15, 0.2) is 0 Å². The van der Waals surface area contributed by atoms with E-state index in [1.807, 2.05) is 13.0 Å². The van der Waals surface area contributed by atoms with Gasteiger partial charge in [0.1, 0.15) is 5.69 Å². The minimum absolute atomic E-state index is 0.0197. The zero-order valence-electron chi connectivity index (χ0n) is 11.4. The van der Waals surface area contributed by atoms with Gasteiger partial charge in [-0.1, -0.05) is 22.0 Å². The van der Waals surface area contributed by atoms with Gasteiger partial charge in [0.05, 0.1) is 11.5 Å². The lowest BCUT2D eigenvalue weighted by Gasteiger charge is -2.11. The van der Waals surface area contributed by atoms with Gasteiger partial charge in [-0.25, -0.2) is 4.98 Å². The quantitative estimate of drug-likeness (QED) is 0.633. The summed E-state index contributed by atoms with van der Waals surface area (Å²) in [7, 11) is 0. The molecule has 1 heterocycles. The van der Waals surface area contributed by atoms with Crippen LogP contribution in [-0.2, 0) is 6.54 Å². The van der Waals surface area contributed by atoms with Crippen molar-refractivity contribution in [3.63, 3.8) is 0 Å². The molecule has 0 bridgehead atoms. The van der Waals surface area contributed by atoms with E-state index >= 15 is 0 Å². The Kier molecular flexibility index (Phi) is 5.10. The molecule has 0 radical (unpaired) electrons. The maximum absolute atomic E-state index is 11.1. The Labute approximate surface area is 130 Å². The number of anilines is 1. The van der Waals surface area contributed by atoms with Crippen LogP contribution in [0.5, 0.6) is 5.88 Å². The van der Waals surface area contributed by atoms with Gasteiger partial charge >= 0.3 is 0 Å². The standard InChI is InChI=1S/C14H14BrN3O3/c1-2-21-14-10(4-3-7-16-14)9-17-12-6-5-11(15)8-13(12)18(19)20/h3-8,17H,2,9H2,1H3. The summed E-state index contributed by atoms with van der Waals surface area (Å²) in [5.41, 5.74) is 1.32. The zero-order chi connectivity index (χ0) is 15.2. The molecule has 0 atom stereocenters. The topological polar surface area (TPSA) is 77.3 Å². The van der Waals surface area contributed by atoms with Crippen molar-refractivity contribution in [2.24, 2.45) is 0 Å². The Hall–Kier alpha value is -2.15. The van der Waals surface area contributed by atoms with Crippen molar-refractivity contribution >= 4 is 27.3 Å². The second-order valence-electron chi connectivity index (χ2n) is 4.17. The highest BCUT2D eigenvalue weighted by Gasteiger charge is 2.14. The van der Waals surface area contributed by atoms with E-state index in [4.69, 9.17) is 4.74 Å². The molecule has 6 nitrogen and oxygen atoms in total. The Morgan fingerprint density at radius 1 is 1.43 bits per heavy atom. The Balaban J connectivity index is 2.19. The summed E-state index contributed by atoms with van der Waals surface area (Å²) in [5, 5.41) is 14.1. The predicted octanol–water partition coefficient (Wildman–Crippen LogP) is 3.76. The van der Waals surface area contributed by atoms with Crippen molar-refractivity contribution in [2.75, 3.05) is 11.9 Å². The van der Waals surface area contributed by atoms with Crippen molar-refractivity contribution in [3.05, 3.63) is 56.7 Å². The largest absolute Gasteiger partial charge is 0.478 e. The van der Waals surface area contributed by atoms with Crippen molar-refractivity contribution in [3.8, 4) is 5.88 Å². The monoisotopic (exact) mass is 351 g/mol. The fourth-order valence-electron chi connectivity index (χ4n) is 1.82. The molecule has 0 saturated carbocycles. The fourth-order valence-corrected chi connectivity index (χ4v) is 2.17. The van der Waals surface area contributed by atoms with Gasteiger partial charge < -0.3 is 10.1 Å². The number of nitro benzene ring substituents is 1. The number of halogens is 1. The molecule has 0 fully saturated rings. The van der Waals surface area contributed by atoms with Gasteiger partial charge in [0.2, 0.25) is 5.88 Å². The van der Waals surface area contributed by atoms with Crippen LogP contribution in [0.4, 0.5) is 11.4 Å². The molecule has 0 aliphatic heterocycles. The molecule has 21 heavy (non-hydrogen) atoms. The summed E-state index contributed by atoms with van der Waals surface area (Å²) >= 11 is 3.23. The van der Waals surface area contributed by atoms with E-state index in [-0.39, 0.29) is 5.69 Å². The average Bonchev–Trinajstić information content (AvgIpc) is 2.47. The van der Waals surface area contributed by atoms with Crippen LogP contribution in [0.3, 0.4) is 0 Å². The van der Waals surface area contributed by atoms with Gasteiger partial charge in [-0.05, 0) is 25.1 Å².